The second-order valence-corrected chi connectivity index (χ2v) is 6.41. The second-order valence-electron chi connectivity index (χ2n) is 6.41. The molecule has 1 aromatic heterocycles. The predicted molar refractivity (Wildman–Crippen MR) is 81.6 cm³/mol. The number of amides is 2. The zero-order valence-corrected chi connectivity index (χ0v) is 13.5. The van der Waals surface area contributed by atoms with Crippen LogP contribution in [0.2, 0.25) is 0 Å². The van der Waals surface area contributed by atoms with E-state index < -0.39 is 17.8 Å². The molecule has 0 aromatic carbocycles. The minimum absolute atomic E-state index is 0.117. The van der Waals surface area contributed by atoms with Crippen molar-refractivity contribution in [2.75, 3.05) is 26.2 Å². The topological polar surface area (TPSA) is 93.9 Å². The van der Waals surface area contributed by atoms with Crippen LogP contribution in [-0.2, 0) is 9.59 Å². The van der Waals surface area contributed by atoms with Crippen LogP contribution in [0, 0.1) is 11.8 Å². The second kappa shape index (κ2) is 7.07. The Balaban J connectivity index is 1.58. The maximum absolute atomic E-state index is 12.7. The average molecular weight is 333 g/mol. The number of piperazine rings is 1. The van der Waals surface area contributed by atoms with E-state index in [1.54, 1.807) is 21.9 Å². The summed E-state index contributed by atoms with van der Waals surface area (Å²) >= 11 is 0. The molecule has 1 saturated carbocycles. The maximum Gasteiger partial charge on any atom is 0.289 e. The lowest BCUT2D eigenvalue weighted by Crippen LogP contribution is -2.54. The highest BCUT2D eigenvalue weighted by molar-refractivity contribution is 5.91. The van der Waals surface area contributed by atoms with Gasteiger partial charge in [-0.1, -0.05) is 12.8 Å². The van der Waals surface area contributed by atoms with E-state index in [1.807, 2.05) is 0 Å². The minimum atomic E-state index is -1.13. The summed E-state index contributed by atoms with van der Waals surface area (Å²) in [5, 5.41) is 11.3. The van der Waals surface area contributed by atoms with Gasteiger partial charge in [0.2, 0.25) is 5.91 Å². The Bertz CT molecular complexity index is 605. The quantitative estimate of drug-likeness (QED) is 0.783. The lowest BCUT2D eigenvalue weighted by molar-refractivity contribution is -0.314. The number of carboxylic acids is 1. The summed E-state index contributed by atoms with van der Waals surface area (Å²) in [6, 6.07) is 3.28. The van der Waals surface area contributed by atoms with Gasteiger partial charge in [0.25, 0.3) is 5.91 Å². The molecule has 24 heavy (non-hydrogen) atoms. The molecular formula is C17H21N2O5-. The lowest BCUT2D eigenvalue weighted by Gasteiger charge is -2.39. The van der Waals surface area contributed by atoms with Crippen LogP contribution >= 0.6 is 0 Å². The molecule has 2 amide bonds. The molecule has 2 unspecified atom stereocenters. The van der Waals surface area contributed by atoms with Gasteiger partial charge in [-0.25, -0.2) is 0 Å². The minimum Gasteiger partial charge on any atom is -0.550 e. The Morgan fingerprint density at radius 1 is 1.00 bits per heavy atom. The van der Waals surface area contributed by atoms with Crippen molar-refractivity contribution in [3.63, 3.8) is 0 Å². The maximum atomic E-state index is 12.7. The highest BCUT2D eigenvalue weighted by Gasteiger charge is 2.36. The van der Waals surface area contributed by atoms with Crippen molar-refractivity contribution in [3.05, 3.63) is 24.2 Å². The van der Waals surface area contributed by atoms with Gasteiger partial charge in [-0.15, -0.1) is 0 Å². The number of carbonyl (C=O) groups is 3. The van der Waals surface area contributed by atoms with Crippen molar-refractivity contribution < 1.29 is 23.9 Å². The zero-order chi connectivity index (χ0) is 17.1. The molecule has 2 atom stereocenters. The van der Waals surface area contributed by atoms with Crippen LogP contribution < -0.4 is 5.11 Å². The molecule has 2 aliphatic rings. The van der Waals surface area contributed by atoms with Crippen molar-refractivity contribution in [1.29, 1.82) is 0 Å². The van der Waals surface area contributed by atoms with Crippen molar-refractivity contribution in [2.45, 2.75) is 25.7 Å². The molecule has 1 aliphatic carbocycles. The molecular weight excluding hydrogens is 312 g/mol. The molecule has 0 spiro atoms. The van der Waals surface area contributed by atoms with Gasteiger partial charge in [-0.05, 0) is 25.0 Å². The summed E-state index contributed by atoms with van der Waals surface area (Å²) in [4.78, 5) is 39.5. The molecule has 130 valence electrons. The van der Waals surface area contributed by atoms with Gasteiger partial charge in [-0.2, -0.15) is 0 Å². The Morgan fingerprint density at radius 3 is 2.21 bits per heavy atom. The molecule has 1 aromatic rings. The van der Waals surface area contributed by atoms with Crippen LogP contribution in [0.15, 0.2) is 22.8 Å². The third kappa shape index (κ3) is 3.29. The molecule has 0 N–H and O–H groups in total. The van der Waals surface area contributed by atoms with Crippen LogP contribution in [0.4, 0.5) is 0 Å². The Morgan fingerprint density at radius 2 is 1.62 bits per heavy atom. The van der Waals surface area contributed by atoms with E-state index in [1.165, 1.54) is 6.26 Å². The fourth-order valence-corrected chi connectivity index (χ4v) is 3.63. The number of furan rings is 1. The summed E-state index contributed by atoms with van der Waals surface area (Å²) in [5.41, 5.74) is 0. The van der Waals surface area contributed by atoms with E-state index in [0.717, 1.165) is 12.8 Å². The van der Waals surface area contributed by atoms with Gasteiger partial charge in [0.15, 0.2) is 5.76 Å². The monoisotopic (exact) mass is 333 g/mol. The molecule has 0 radical (unpaired) electrons. The van der Waals surface area contributed by atoms with Crippen LogP contribution in [0.3, 0.4) is 0 Å². The number of aliphatic carboxylic acids is 1. The first-order valence-corrected chi connectivity index (χ1v) is 8.40. The van der Waals surface area contributed by atoms with Gasteiger partial charge in [0.05, 0.1) is 6.26 Å². The predicted octanol–water partition coefficient (Wildman–Crippen LogP) is 0.120. The van der Waals surface area contributed by atoms with E-state index in [2.05, 4.69) is 0 Å². The fraction of sp³-hybridized carbons (Fsp3) is 0.588. The third-order valence-electron chi connectivity index (χ3n) is 5.00. The smallest absolute Gasteiger partial charge is 0.289 e. The first kappa shape index (κ1) is 16.5. The van der Waals surface area contributed by atoms with Gasteiger partial charge >= 0.3 is 0 Å². The van der Waals surface area contributed by atoms with Gasteiger partial charge in [-0.3, -0.25) is 9.59 Å². The van der Waals surface area contributed by atoms with Crippen LogP contribution in [0.1, 0.15) is 36.2 Å². The normalized spacial score (nSPS) is 24.7. The number of nitrogens with zero attached hydrogens (tertiary/aromatic N) is 2. The largest absolute Gasteiger partial charge is 0.550 e. The lowest BCUT2D eigenvalue weighted by atomic mass is 9.78. The molecule has 1 aliphatic heterocycles. The first-order valence-electron chi connectivity index (χ1n) is 8.40. The summed E-state index contributed by atoms with van der Waals surface area (Å²) in [6.45, 7) is 1.69. The molecule has 7 heteroatoms. The molecule has 3 rings (SSSR count). The van der Waals surface area contributed by atoms with Gasteiger partial charge < -0.3 is 24.1 Å². The van der Waals surface area contributed by atoms with Crippen molar-refractivity contribution in [1.82, 2.24) is 9.80 Å². The Kier molecular flexibility index (Phi) is 4.87. The van der Waals surface area contributed by atoms with Gasteiger partial charge in [0, 0.05) is 44.0 Å². The number of hydrogen-bond donors (Lipinski definition) is 0. The SMILES string of the molecule is O=C([O-])C1CCCCC1C(=O)N1CCN(C(=O)c2ccco2)CC1. The van der Waals surface area contributed by atoms with Gasteiger partial charge in [0.1, 0.15) is 0 Å². The van der Waals surface area contributed by atoms with Crippen molar-refractivity contribution >= 4 is 17.8 Å². The van der Waals surface area contributed by atoms with E-state index in [9.17, 15) is 19.5 Å². The highest BCUT2D eigenvalue weighted by Crippen LogP contribution is 2.31. The summed E-state index contributed by atoms with van der Waals surface area (Å²) < 4.78 is 5.11. The van der Waals surface area contributed by atoms with Crippen LogP contribution in [0.5, 0.6) is 0 Å². The highest BCUT2D eigenvalue weighted by atomic mass is 16.4. The van der Waals surface area contributed by atoms with Crippen molar-refractivity contribution in [2.24, 2.45) is 11.8 Å². The first-order chi connectivity index (χ1) is 11.6. The van der Waals surface area contributed by atoms with Crippen LogP contribution in [0.25, 0.3) is 0 Å². The Labute approximate surface area is 140 Å². The van der Waals surface area contributed by atoms with E-state index in [0.29, 0.717) is 44.8 Å². The molecule has 1 saturated heterocycles. The number of carboxylic acid groups (broad SMARTS) is 1. The number of carbonyl (C=O) groups excluding carboxylic acids is 3. The zero-order valence-electron chi connectivity index (χ0n) is 13.5. The van der Waals surface area contributed by atoms with E-state index >= 15 is 0 Å². The summed E-state index contributed by atoms with van der Waals surface area (Å²) in [5.74, 6) is -2.31. The summed E-state index contributed by atoms with van der Waals surface area (Å²) in [7, 11) is 0. The number of rotatable bonds is 3. The standard InChI is InChI=1S/C17H22N2O5/c20-15(12-4-1-2-5-13(12)17(22)23)18-7-9-19(10-8-18)16(21)14-6-3-11-24-14/h3,6,11-13H,1-2,4-5,7-10H2,(H,22,23)/p-1. The molecule has 2 heterocycles. The summed E-state index contributed by atoms with van der Waals surface area (Å²) in [6.07, 6.45) is 4.26. The van der Waals surface area contributed by atoms with E-state index in [4.69, 9.17) is 4.42 Å². The van der Waals surface area contributed by atoms with E-state index in [-0.39, 0.29) is 11.8 Å². The molecule has 2 fully saturated rings. The van der Waals surface area contributed by atoms with Crippen LogP contribution in [-0.4, -0.2) is 53.8 Å². The number of hydrogen-bond acceptors (Lipinski definition) is 5. The fourth-order valence-electron chi connectivity index (χ4n) is 3.63. The average Bonchev–Trinajstić information content (AvgIpc) is 3.15. The van der Waals surface area contributed by atoms with Crippen molar-refractivity contribution in [3.8, 4) is 0 Å². The molecule has 7 nitrogen and oxygen atoms in total. The Hall–Kier alpha value is -2.31. The third-order valence-corrected chi connectivity index (χ3v) is 5.00. The molecule has 0 bridgehead atoms.